The number of carbonyl (C=O) groups is 1. The molecule has 1 aromatic carbocycles. The van der Waals surface area contributed by atoms with Gasteiger partial charge in [-0.3, -0.25) is 4.79 Å². The molecule has 0 aliphatic rings. The lowest BCUT2D eigenvalue weighted by molar-refractivity contribution is -0.114. The maximum atomic E-state index is 10.8. The lowest BCUT2D eigenvalue weighted by Gasteiger charge is -2.05. The Morgan fingerprint density at radius 3 is 2.56 bits per heavy atom. The van der Waals surface area contributed by atoms with Crippen molar-refractivity contribution >= 4 is 11.6 Å². The maximum Gasteiger partial charge on any atom is 0.221 e. The number of ether oxygens (including phenoxy) is 1. The summed E-state index contributed by atoms with van der Waals surface area (Å²) in [5.74, 6) is -0.0703. The van der Waals surface area contributed by atoms with E-state index in [4.69, 9.17) is 9.84 Å². The zero-order chi connectivity index (χ0) is 11.8. The van der Waals surface area contributed by atoms with Gasteiger partial charge < -0.3 is 15.2 Å². The molecule has 0 heterocycles. The summed E-state index contributed by atoms with van der Waals surface area (Å²) in [5.41, 5.74) is 1.94. The van der Waals surface area contributed by atoms with Gasteiger partial charge in [0.05, 0.1) is 19.8 Å². The molecule has 0 aliphatic heterocycles. The largest absolute Gasteiger partial charge is 0.394 e. The van der Waals surface area contributed by atoms with Crippen molar-refractivity contribution in [3.63, 3.8) is 0 Å². The van der Waals surface area contributed by atoms with Crippen LogP contribution in [0.25, 0.3) is 0 Å². The standard InChI is InChI=1S/C12H17NO3/c1-10(15)13-12-4-2-11(3-5-12)6-8-16-9-7-14/h2-5,14H,6-9H2,1H3,(H,13,15). The van der Waals surface area contributed by atoms with Gasteiger partial charge in [0, 0.05) is 12.6 Å². The highest BCUT2D eigenvalue weighted by atomic mass is 16.5. The zero-order valence-corrected chi connectivity index (χ0v) is 9.40. The second kappa shape index (κ2) is 6.98. The molecule has 0 aromatic heterocycles. The van der Waals surface area contributed by atoms with Gasteiger partial charge in [-0.15, -0.1) is 0 Å². The quantitative estimate of drug-likeness (QED) is 0.712. The van der Waals surface area contributed by atoms with Crippen molar-refractivity contribution in [1.82, 2.24) is 0 Å². The van der Waals surface area contributed by atoms with Crippen molar-refractivity contribution in [2.45, 2.75) is 13.3 Å². The molecule has 4 nitrogen and oxygen atoms in total. The molecule has 0 bridgehead atoms. The number of amides is 1. The fraction of sp³-hybridized carbons (Fsp3) is 0.417. The Labute approximate surface area is 95.2 Å². The highest BCUT2D eigenvalue weighted by molar-refractivity contribution is 5.88. The van der Waals surface area contributed by atoms with Crippen LogP contribution in [-0.2, 0) is 16.0 Å². The molecule has 0 saturated carbocycles. The van der Waals surface area contributed by atoms with Crippen LogP contribution < -0.4 is 5.32 Å². The second-order valence-electron chi connectivity index (χ2n) is 3.46. The van der Waals surface area contributed by atoms with E-state index in [9.17, 15) is 4.79 Å². The van der Waals surface area contributed by atoms with Gasteiger partial charge in [0.25, 0.3) is 0 Å². The number of carbonyl (C=O) groups excluding carboxylic acids is 1. The van der Waals surface area contributed by atoms with E-state index >= 15 is 0 Å². The molecule has 1 aromatic rings. The summed E-state index contributed by atoms with van der Waals surface area (Å²) >= 11 is 0. The minimum absolute atomic E-state index is 0.0570. The summed E-state index contributed by atoms with van der Waals surface area (Å²) in [6, 6.07) is 7.63. The molecular formula is C12H17NO3. The maximum absolute atomic E-state index is 10.8. The van der Waals surface area contributed by atoms with Gasteiger partial charge in [-0.2, -0.15) is 0 Å². The van der Waals surface area contributed by atoms with E-state index in [0.717, 1.165) is 17.7 Å². The normalized spacial score (nSPS) is 10.1. The molecule has 1 rings (SSSR count). The van der Waals surface area contributed by atoms with Gasteiger partial charge in [-0.25, -0.2) is 0 Å². The number of anilines is 1. The molecule has 0 saturated heterocycles. The van der Waals surface area contributed by atoms with Crippen LogP contribution in [0.3, 0.4) is 0 Å². The molecule has 0 atom stereocenters. The summed E-state index contributed by atoms with van der Waals surface area (Å²) in [4.78, 5) is 10.8. The molecule has 0 aliphatic carbocycles. The van der Waals surface area contributed by atoms with Crippen LogP contribution in [0, 0.1) is 0 Å². The second-order valence-corrected chi connectivity index (χ2v) is 3.46. The summed E-state index contributed by atoms with van der Waals surface area (Å²) < 4.78 is 5.16. The van der Waals surface area contributed by atoms with Gasteiger partial charge in [-0.1, -0.05) is 12.1 Å². The van der Waals surface area contributed by atoms with E-state index in [-0.39, 0.29) is 12.5 Å². The monoisotopic (exact) mass is 223 g/mol. The number of nitrogens with one attached hydrogen (secondary N) is 1. The highest BCUT2D eigenvalue weighted by Gasteiger charge is 1.96. The Morgan fingerprint density at radius 1 is 1.31 bits per heavy atom. The van der Waals surface area contributed by atoms with Crippen LogP contribution in [0.1, 0.15) is 12.5 Å². The minimum Gasteiger partial charge on any atom is -0.394 e. The molecule has 4 heteroatoms. The number of hydrogen-bond acceptors (Lipinski definition) is 3. The third kappa shape index (κ3) is 4.91. The van der Waals surface area contributed by atoms with Crippen LogP contribution in [0.4, 0.5) is 5.69 Å². The van der Waals surface area contributed by atoms with E-state index in [2.05, 4.69) is 5.32 Å². The number of aliphatic hydroxyl groups excluding tert-OH is 1. The molecule has 1 amide bonds. The first-order chi connectivity index (χ1) is 7.72. The Kier molecular flexibility index (Phi) is 5.53. The SMILES string of the molecule is CC(=O)Nc1ccc(CCOCCO)cc1. The average Bonchev–Trinajstić information content (AvgIpc) is 2.26. The Hall–Kier alpha value is -1.39. The Morgan fingerprint density at radius 2 is 2.00 bits per heavy atom. The van der Waals surface area contributed by atoms with E-state index in [0.29, 0.717) is 13.2 Å². The Bertz CT molecular complexity index is 322. The Balaban J connectivity index is 2.36. The molecule has 0 fully saturated rings. The first-order valence-electron chi connectivity index (χ1n) is 5.27. The van der Waals surface area contributed by atoms with E-state index in [1.54, 1.807) is 0 Å². The fourth-order valence-corrected chi connectivity index (χ4v) is 1.31. The van der Waals surface area contributed by atoms with Gasteiger partial charge >= 0.3 is 0 Å². The summed E-state index contributed by atoms with van der Waals surface area (Å²) in [6.45, 7) is 2.52. The van der Waals surface area contributed by atoms with Crippen molar-refractivity contribution in [2.24, 2.45) is 0 Å². The minimum atomic E-state index is -0.0703. The lowest BCUT2D eigenvalue weighted by atomic mass is 10.1. The zero-order valence-electron chi connectivity index (χ0n) is 9.40. The van der Waals surface area contributed by atoms with E-state index < -0.39 is 0 Å². The summed E-state index contributed by atoms with van der Waals surface area (Å²) in [7, 11) is 0. The number of hydrogen-bond donors (Lipinski definition) is 2. The molecule has 0 radical (unpaired) electrons. The lowest BCUT2D eigenvalue weighted by Crippen LogP contribution is -2.06. The van der Waals surface area contributed by atoms with Crippen LogP contribution >= 0.6 is 0 Å². The first-order valence-corrected chi connectivity index (χ1v) is 5.27. The topological polar surface area (TPSA) is 58.6 Å². The van der Waals surface area contributed by atoms with Crippen molar-refractivity contribution < 1.29 is 14.6 Å². The first kappa shape index (κ1) is 12.7. The van der Waals surface area contributed by atoms with Crippen molar-refractivity contribution in [1.29, 1.82) is 0 Å². The van der Waals surface area contributed by atoms with Crippen molar-refractivity contribution in [2.75, 3.05) is 25.1 Å². The molecule has 0 spiro atoms. The van der Waals surface area contributed by atoms with Crippen LogP contribution in [0.15, 0.2) is 24.3 Å². The van der Waals surface area contributed by atoms with Gasteiger partial charge in [0.2, 0.25) is 5.91 Å². The predicted molar refractivity (Wildman–Crippen MR) is 62.4 cm³/mol. The van der Waals surface area contributed by atoms with E-state index in [1.807, 2.05) is 24.3 Å². The number of benzene rings is 1. The third-order valence-electron chi connectivity index (χ3n) is 2.05. The molecule has 16 heavy (non-hydrogen) atoms. The van der Waals surface area contributed by atoms with Crippen molar-refractivity contribution in [3.8, 4) is 0 Å². The van der Waals surface area contributed by atoms with E-state index in [1.165, 1.54) is 6.92 Å². The smallest absolute Gasteiger partial charge is 0.221 e. The number of rotatable bonds is 6. The molecule has 88 valence electrons. The average molecular weight is 223 g/mol. The van der Waals surface area contributed by atoms with Gasteiger partial charge in [-0.05, 0) is 24.1 Å². The summed E-state index contributed by atoms with van der Waals surface area (Å²) in [6.07, 6.45) is 0.806. The predicted octanol–water partition coefficient (Wildman–Crippen LogP) is 1.20. The summed E-state index contributed by atoms with van der Waals surface area (Å²) in [5, 5.41) is 11.2. The van der Waals surface area contributed by atoms with Gasteiger partial charge in [0.15, 0.2) is 0 Å². The highest BCUT2D eigenvalue weighted by Crippen LogP contribution is 2.09. The van der Waals surface area contributed by atoms with Gasteiger partial charge in [0.1, 0.15) is 0 Å². The van der Waals surface area contributed by atoms with Crippen LogP contribution in [0.2, 0.25) is 0 Å². The van der Waals surface area contributed by atoms with Crippen LogP contribution in [0.5, 0.6) is 0 Å². The number of aliphatic hydroxyl groups is 1. The van der Waals surface area contributed by atoms with Crippen LogP contribution in [-0.4, -0.2) is 30.8 Å². The fourth-order valence-electron chi connectivity index (χ4n) is 1.31. The third-order valence-corrected chi connectivity index (χ3v) is 2.05. The molecule has 0 unspecified atom stereocenters. The molecular weight excluding hydrogens is 206 g/mol. The van der Waals surface area contributed by atoms with Crippen molar-refractivity contribution in [3.05, 3.63) is 29.8 Å². The molecule has 2 N–H and O–H groups in total.